The third kappa shape index (κ3) is 4.09. The molecule has 0 saturated heterocycles. The molecule has 27 heavy (non-hydrogen) atoms. The van der Waals surface area contributed by atoms with Crippen LogP contribution in [0.1, 0.15) is 46.8 Å². The quantitative estimate of drug-likeness (QED) is 0.449. The highest BCUT2D eigenvalue weighted by Crippen LogP contribution is 2.37. The van der Waals surface area contributed by atoms with Gasteiger partial charge in [0.25, 0.3) is 0 Å². The summed E-state index contributed by atoms with van der Waals surface area (Å²) in [7, 11) is 1.42. The normalized spacial score (nSPS) is 14.4. The number of fused-ring (bicyclic) bond motifs is 1. The van der Waals surface area contributed by atoms with Gasteiger partial charge in [0.2, 0.25) is 5.78 Å². The van der Waals surface area contributed by atoms with Gasteiger partial charge in [-0.25, -0.2) is 4.79 Å². The van der Waals surface area contributed by atoms with E-state index in [1.54, 1.807) is 25.1 Å². The fourth-order valence-electron chi connectivity index (χ4n) is 2.94. The van der Waals surface area contributed by atoms with Crippen molar-refractivity contribution < 1.29 is 23.8 Å². The topological polar surface area (TPSA) is 61.8 Å². The summed E-state index contributed by atoms with van der Waals surface area (Å²) < 4.78 is 15.7. The van der Waals surface area contributed by atoms with Crippen molar-refractivity contribution in [2.75, 3.05) is 13.7 Å². The summed E-state index contributed by atoms with van der Waals surface area (Å²) >= 11 is 0. The lowest BCUT2D eigenvalue weighted by Crippen LogP contribution is -2.14. The maximum atomic E-state index is 12.7. The molecule has 5 nitrogen and oxygen atoms in total. The van der Waals surface area contributed by atoms with Gasteiger partial charge >= 0.3 is 5.97 Å². The third-order valence-corrected chi connectivity index (χ3v) is 4.34. The van der Waals surface area contributed by atoms with Crippen LogP contribution < -0.4 is 9.47 Å². The van der Waals surface area contributed by atoms with E-state index < -0.39 is 5.97 Å². The van der Waals surface area contributed by atoms with Gasteiger partial charge in [0.1, 0.15) is 18.1 Å². The van der Waals surface area contributed by atoms with Crippen LogP contribution in [0.5, 0.6) is 11.5 Å². The van der Waals surface area contributed by atoms with Gasteiger partial charge in [0.05, 0.1) is 5.56 Å². The lowest BCUT2D eigenvalue weighted by atomic mass is 10.0. The van der Waals surface area contributed by atoms with Crippen LogP contribution in [0, 0.1) is 6.92 Å². The molecule has 2 aromatic rings. The van der Waals surface area contributed by atoms with Gasteiger partial charge in [0.15, 0.2) is 5.76 Å². The first kappa shape index (κ1) is 18.9. The Morgan fingerprint density at radius 3 is 2.52 bits per heavy atom. The van der Waals surface area contributed by atoms with Crippen LogP contribution in [0.15, 0.2) is 42.2 Å². The number of benzene rings is 2. The average Bonchev–Trinajstić information content (AvgIpc) is 2.91. The Balaban J connectivity index is 1.85. The molecule has 0 unspecified atom stereocenters. The maximum Gasteiger partial charge on any atom is 0.337 e. The molecule has 0 spiro atoms. The molecule has 0 amide bonds. The second-order valence-electron chi connectivity index (χ2n) is 6.78. The van der Waals surface area contributed by atoms with E-state index in [1.807, 2.05) is 24.3 Å². The van der Waals surface area contributed by atoms with Crippen LogP contribution in [0.3, 0.4) is 0 Å². The fourth-order valence-corrected chi connectivity index (χ4v) is 2.94. The van der Waals surface area contributed by atoms with E-state index in [2.05, 4.69) is 13.8 Å². The number of hydrogen-bond donors (Lipinski definition) is 0. The maximum absolute atomic E-state index is 12.7. The highest BCUT2D eigenvalue weighted by molar-refractivity contribution is 6.15. The molecule has 1 heterocycles. The summed E-state index contributed by atoms with van der Waals surface area (Å²) in [6.45, 7) is 5.91. The Morgan fingerprint density at radius 2 is 1.89 bits per heavy atom. The first-order valence-corrected chi connectivity index (χ1v) is 8.77. The second-order valence-corrected chi connectivity index (χ2v) is 6.78. The number of Topliss-reactive ketones (excluding diaryl/α,β-unsaturated/α-hetero) is 1. The minimum Gasteiger partial charge on any atom is -0.452 e. The smallest absolute Gasteiger partial charge is 0.337 e. The number of esters is 1. The van der Waals surface area contributed by atoms with Crippen LogP contribution in [-0.4, -0.2) is 25.5 Å². The molecule has 1 aliphatic rings. The molecule has 0 saturated carbocycles. The van der Waals surface area contributed by atoms with Crippen molar-refractivity contribution in [3.05, 3.63) is 64.4 Å². The standard InChI is InChI=1S/C22H22O5/c1-13(2)16-7-5-15(6-8-16)10-19-22(24)21-14(3)9-17(11-18(21)27-19)26-20(23)12-25-4/h5-11,13H,12H2,1-4H3/b19-10-. The molecule has 0 aromatic heterocycles. The molecule has 0 radical (unpaired) electrons. The van der Waals surface area contributed by atoms with E-state index in [9.17, 15) is 9.59 Å². The molecule has 0 bridgehead atoms. The van der Waals surface area contributed by atoms with Gasteiger partial charge in [0, 0.05) is 13.2 Å². The van der Waals surface area contributed by atoms with E-state index in [0.717, 1.165) is 5.56 Å². The van der Waals surface area contributed by atoms with Gasteiger partial charge in [-0.15, -0.1) is 0 Å². The third-order valence-electron chi connectivity index (χ3n) is 4.34. The van der Waals surface area contributed by atoms with Crippen LogP contribution in [-0.2, 0) is 9.53 Å². The molecule has 140 valence electrons. The predicted octanol–water partition coefficient (Wildman–Crippen LogP) is 4.29. The lowest BCUT2D eigenvalue weighted by molar-refractivity contribution is -0.138. The van der Waals surface area contributed by atoms with Crippen molar-refractivity contribution in [3.63, 3.8) is 0 Å². The molecule has 3 rings (SSSR count). The number of methoxy groups -OCH3 is 1. The number of allylic oxidation sites excluding steroid dienone is 1. The number of carbonyl (C=O) groups is 2. The van der Waals surface area contributed by atoms with Crippen LogP contribution in [0.2, 0.25) is 0 Å². The van der Waals surface area contributed by atoms with E-state index >= 15 is 0 Å². The van der Waals surface area contributed by atoms with Gasteiger partial charge in [-0.05, 0) is 41.7 Å². The first-order chi connectivity index (χ1) is 12.9. The van der Waals surface area contributed by atoms with Crippen molar-refractivity contribution in [1.29, 1.82) is 0 Å². The Labute approximate surface area is 158 Å². The lowest BCUT2D eigenvalue weighted by Gasteiger charge is -2.07. The molecule has 1 aliphatic heterocycles. The summed E-state index contributed by atoms with van der Waals surface area (Å²) in [6, 6.07) is 11.2. The molecule has 2 aromatic carbocycles. The summed E-state index contributed by atoms with van der Waals surface area (Å²) in [5, 5.41) is 0. The fraction of sp³-hybridized carbons (Fsp3) is 0.273. The molecular formula is C22H22O5. The minimum atomic E-state index is -0.512. The molecule has 5 heteroatoms. The van der Waals surface area contributed by atoms with Crippen LogP contribution >= 0.6 is 0 Å². The van der Waals surface area contributed by atoms with Crippen molar-refractivity contribution in [3.8, 4) is 11.5 Å². The Morgan fingerprint density at radius 1 is 1.19 bits per heavy atom. The minimum absolute atomic E-state index is 0.145. The number of carbonyl (C=O) groups excluding carboxylic acids is 2. The van der Waals surface area contributed by atoms with Crippen LogP contribution in [0.4, 0.5) is 0 Å². The first-order valence-electron chi connectivity index (χ1n) is 8.77. The zero-order chi connectivity index (χ0) is 19.6. The number of ether oxygens (including phenoxy) is 3. The number of hydrogen-bond acceptors (Lipinski definition) is 5. The molecule has 0 aliphatic carbocycles. The average molecular weight is 366 g/mol. The predicted molar refractivity (Wildman–Crippen MR) is 102 cm³/mol. The van der Waals surface area contributed by atoms with Crippen molar-refractivity contribution >= 4 is 17.8 Å². The Bertz CT molecular complexity index is 907. The summed E-state index contributed by atoms with van der Waals surface area (Å²) in [6.07, 6.45) is 1.72. The van der Waals surface area contributed by atoms with Crippen molar-refractivity contribution in [2.24, 2.45) is 0 Å². The molecule has 0 atom stereocenters. The zero-order valence-electron chi connectivity index (χ0n) is 15.9. The van der Waals surface area contributed by atoms with Gasteiger partial charge in [-0.2, -0.15) is 0 Å². The van der Waals surface area contributed by atoms with Crippen molar-refractivity contribution in [2.45, 2.75) is 26.7 Å². The Kier molecular flexibility index (Phi) is 5.42. The summed E-state index contributed by atoms with van der Waals surface area (Å²) in [5.74, 6) is 0.731. The number of ketones is 1. The largest absolute Gasteiger partial charge is 0.452 e. The summed E-state index contributed by atoms with van der Waals surface area (Å²) in [4.78, 5) is 24.3. The zero-order valence-corrected chi connectivity index (χ0v) is 15.9. The van der Waals surface area contributed by atoms with E-state index in [0.29, 0.717) is 28.5 Å². The van der Waals surface area contributed by atoms with Gasteiger partial charge in [-0.3, -0.25) is 4.79 Å². The van der Waals surface area contributed by atoms with Crippen LogP contribution in [0.25, 0.3) is 6.08 Å². The molecule has 0 N–H and O–H groups in total. The monoisotopic (exact) mass is 366 g/mol. The highest BCUT2D eigenvalue weighted by Gasteiger charge is 2.30. The summed E-state index contributed by atoms with van der Waals surface area (Å²) in [5.41, 5.74) is 3.31. The van der Waals surface area contributed by atoms with E-state index in [4.69, 9.17) is 14.2 Å². The highest BCUT2D eigenvalue weighted by atomic mass is 16.6. The second kappa shape index (κ2) is 7.76. The SMILES string of the molecule is COCC(=O)Oc1cc(C)c2c(c1)O/C(=C\c1ccc(C(C)C)cc1)C2=O. The Hall–Kier alpha value is -2.92. The van der Waals surface area contributed by atoms with Gasteiger partial charge in [-0.1, -0.05) is 38.1 Å². The number of rotatable bonds is 5. The van der Waals surface area contributed by atoms with Gasteiger partial charge < -0.3 is 14.2 Å². The molecular weight excluding hydrogens is 344 g/mol. The number of aryl methyl sites for hydroxylation is 1. The van der Waals surface area contributed by atoms with E-state index in [1.165, 1.54) is 12.7 Å². The molecule has 0 fully saturated rings. The van der Waals surface area contributed by atoms with E-state index in [-0.39, 0.29) is 18.1 Å². The van der Waals surface area contributed by atoms with Crippen molar-refractivity contribution in [1.82, 2.24) is 0 Å².